The second-order valence-electron chi connectivity index (χ2n) is 8.26. The largest absolute Gasteiger partial charge is 0.464 e. The highest BCUT2D eigenvalue weighted by Crippen LogP contribution is 2.35. The highest BCUT2D eigenvalue weighted by molar-refractivity contribution is 7.86. The van der Waals surface area contributed by atoms with Crippen LogP contribution in [0.1, 0.15) is 40.0 Å². The van der Waals surface area contributed by atoms with Crippen molar-refractivity contribution in [2.45, 2.75) is 69.0 Å². The van der Waals surface area contributed by atoms with Crippen LogP contribution in [0.15, 0.2) is 0 Å². The molecule has 0 aromatic rings. The minimum absolute atomic E-state index is 0.189. The van der Waals surface area contributed by atoms with E-state index in [1.54, 1.807) is 20.8 Å². The molecule has 1 spiro atoms. The molecule has 0 aromatic heterocycles. The molecule has 2 aliphatic rings. The molecule has 14 heteroatoms. The van der Waals surface area contributed by atoms with Crippen molar-refractivity contribution in [2.75, 3.05) is 26.3 Å². The van der Waals surface area contributed by atoms with Crippen molar-refractivity contribution in [1.29, 1.82) is 0 Å². The summed E-state index contributed by atoms with van der Waals surface area (Å²) in [5.41, 5.74) is -0.647. The first-order chi connectivity index (χ1) is 14.1. The normalized spacial score (nSPS) is 22.9. The Labute approximate surface area is 177 Å². The summed E-state index contributed by atoms with van der Waals surface area (Å²) in [5.74, 6) is -2.11. The predicted octanol–water partition coefficient (Wildman–Crippen LogP) is 1.88. The number of hydrogen-bond acceptors (Lipinski definition) is 8. The lowest BCUT2D eigenvalue weighted by atomic mass is 10.0. The van der Waals surface area contributed by atoms with Crippen LogP contribution in [0.2, 0.25) is 0 Å². The number of halogens is 3. The van der Waals surface area contributed by atoms with Gasteiger partial charge in [0.1, 0.15) is 5.60 Å². The molecule has 180 valence electrons. The molecule has 10 nitrogen and oxygen atoms in total. The van der Waals surface area contributed by atoms with E-state index in [4.69, 9.17) is 18.8 Å². The number of amides is 1. The molecule has 0 saturated carbocycles. The number of alkyl halides is 3. The predicted molar refractivity (Wildman–Crippen MR) is 97.6 cm³/mol. The van der Waals surface area contributed by atoms with E-state index in [9.17, 15) is 31.2 Å². The first-order valence-corrected chi connectivity index (χ1v) is 11.0. The third-order valence-corrected chi connectivity index (χ3v) is 5.56. The van der Waals surface area contributed by atoms with Crippen LogP contribution in [-0.2, 0) is 33.9 Å². The molecule has 1 N–H and O–H groups in total. The third kappa shape index (κ3) is 6.43. The second kappa shape index (κ2) is 9.08. The number of carbonyl (C=O) groups is 2. The van der Waals surface area contributed by atoms with Crippen molar-refractivity contribution in [3.8, 4) is 0 Å². The number of nitrogens with zero attached hydrogens (tertiary/aromatic N) is 1. The van der Waals surface area contributed by atoms with E-state index in [0.717, 1.165) is 0 Å². The van der Waals surface area contributed by atoms with E-state index >= 15 is 0 Å². The maximum atomic E-state index is 13.4. The van der Waals surface area contributed by atoms with Gasteiger partial charge in [-0.25, -0.2) is 14.0 Å². The summed E-state index contributed by atoms with van der Waals surface area (Å²) in [6.07, 6.45) is -5.58. The summed E-state index contributed by atoms with van der Waals surface area (Å²) < 4.78 is 90.2. The number of hydrogen-bond donors (Lipinski definition) is 1. The van der Waals surface area contributed by atoms with Gasteiger partial charge in [0.05, 0.1) is 13.2 Å². The van der Waals surface area contributed by atoms with Gasteiger partial charge in [0.25, 0.3) is 0 Å². The number of esters is 1. The van der Waals surface area contributed by atoms with Gasteiger partial charge in [-0.2, -0.15) is 17.2 Å². The highest BCUT2D eigenvalue weighted by atomic mass is 32.2. The zero-order valence-electron chi connectivity index (χ0n) is 17.3. The van der Waals surface area contributed by atoms with Gasteiger partial charge in [-0.05, 0) is 20.8 Å². The number of likely N-dealkylation sites (tertiary alicyclic amines) is 1. The van der Waals surface area contributed by atoms with Gasteiger partial charge < -0.3 is 23.8 Å². The molecule has 1 amide bonds. The monoisotopic (exact) mass is 477 g/mol. The van der Waals surface area contributed by atoms with Crippen LogP contribution in [0.25, 0.3) is 0 Å². The highest BCUT2D eigenvalue weighted by Gasteiger charge is 2.52. The smallest absolute Gasteiger partial charge is 0.410 e. The van der Waals surface area contributed by atoms with Gasteiger partial charge in [-0.1, -0.05) is 0 Å². The van der Waals surface area contributed by atoms with Crippen LogP contribution >= 0.6 is 0 Å². The number of piperidine rings is 1. The lowest BCUT2D eigenvalue weighted by Crippen LogP contribution is -2.49. The zero-order chi connectivity index (χ0) is 23.7. The number of rotatable bonds is 6. The van der Waals surface area contributed by atoms with E-state index < -0.39 is 64.1 Å². The molecule has 2 heterocycles. The van der Waals surface area contributed by atoms with E-state index in [0.29, 0.717) is 0 Å². The van der Waals surface area contributed by atoms with E-state index in [1.807, 2.05) is 0 Å². The van der Waals surface area contributed by atoms with E-state index in [1.165, 1.54) is 4.90 Å². The topological polar surface area (TPSA) is 129 Å². The van der Waals surface area contributed by atoms with Gasteiger partial charge in [-0.3, -0.25) is 4.55 Å². The Morgan fingerprint density at radius 2 is 1.84 bits per heavy atom. The number of carbonyl (C=O) groups excluding carboxylic acids is 2. The summed E-state index contributed by atoms with van der Waals surface area (Å²) in [7, 11) is -5.94. The Bertz CT molecular complexity index is 776. The molecule has 0 aromatic carbocycles. The Morgan fingerprint density at radius 3 is 2.35 bits per heavy atom. The molecular weight excluding hydrogens is 451 g/mol. The summed E-state index contributed by atoms with van der Waals surface area (Å²) in [5, 5.41) is -5.02. The van der Waals surface area contributed by atoms with Crippen molar-refractivity contribution in [2.24, 2.45) is 0 Å². The maximum absolute atomic E-state index is 13.4. The second-order valence-corrected chi connectivity index (χ2v) is 9.75. The molecule has 2 saturated heterocycles. The van der Waals surface area contributed by atoms with Crippen LogP contribution < -0.4 is 0 Å². The first-order valence-electron chi connectivity index (χ1n) is 9.52. The fourth-order valence-corrected chi connectivity index (χ4v) is 3.42. The van der Waals surface area contributed by atoms with Gasteiger partial charge in [0.2, 0.25) is 0 Å². The Morgan fingerprint density at radius 1 is 1.26 bits per heavy atom. The van der Waals surface area contributed by atoms with E-state index in [2.05, 4.69) is 4.74 Å². The number of ether oxygens (including phenoxy) is 4. The molecule has 0 aliphatic carbocycles. The molecule has 2 fully saturated rings. The van der Waals surface area contributed by atoms with Gasteiger partial charge >= 0.3 is 27.4 Å². The summed E-state index contributed by atoms with van der Waals surface area (Å²) in [6.45, 7) is 4.69. The van der Waals surface area contributed by atoms with Crippen molar-refractivity contribution in [3.05, 3.63) is 0 Å². The summed E-state index contributed by atoms with van der Waals surface area (Å²) in [4.78, 5) is 25.6. The van der Waals surface area contributed by atoms with Crippen LogP contribution in [0.3, 0.4) is 0 Å². The third-order valence-electron chi connectivity index (χ3n) is 4.62. The fraction of sp³-hybridized carbons (Fsp3) is 0.882. The molecule has 0 bridgehead atoms. The SMILES string of the molecule is CC(C)(C)OC(=O)N1CCC2(CC1)OCC(C(=O)OCCC(F)C(F)(F)S(=O)(=O)O)O2. The average molecular weight is 477 g/mol. The lowest BCUT2D eigenvalue weighted by Gasteiger charge is -2.38. The van der Waals surface area contributed by atoms with Gasteiger partial charge in [-0.15, -0.1) is 0 Å². The Hall–Kier alpha value is -1.64. The van der Waals surface area contributed by atoms with Crippen LogP contribution in [0.5, 0.6) is 0 Å². The van der Waals surface area contributed by atoms with E-state index in [-0.39, 0.29) is 32.5 Å². The molecule has 31 heavy (non-hydrogen) atoms. The fourth-order valence-electron chi connectivity index (χ4n) is 2.98. The minimum Gasteiger partial charge on any atom is -0.464 e. The molecular formula is C17H26F3NO9S. The Kier molecular flexibility index (Phi) is 7.50. The van der Waals surface area contributed by atoms with Crippen LogP contribution in [0, 0.1) is 0 Å². The van der Waals surface area contributed by atoms with Crippen molar-refractivity contribution in [1.82, 2.24) is 4.90 Å². The maximum Gasteiger partial charge on any atom is 0.410 e. The van der Waals surface area contributed by atoms with Crippen molar-refractivity contribution >= 4 is 22.2 Å². The Balaban J connectivity index is 1.79. The quantitative estimate of drug-likeness (QED) is 0.450. The van der Waals surface area contributed by atoms with Crippen LogP contribution in [-0.4, -0.2) is 85.2 Å². The minimum atomic E-state index is -5.94. The standard InChI is InChI=1S/C17H26F3NO9S/c1-15(2,3)30-14(23)21-7-5-16(6-8-21)28-10-11(29-16)13(22)27-9-4-12(18)17(19,20)31(24,25)26/h11-12H,4-10H2,1-3H3,(H,24,25,26). The van der Waals surface area contributed by atoms with Gasteiger partial charge in [0.15, 0.2) is 18.1 Å². The lowest BCUT2D eigenvalue weighted by molar-refractivity contribution is -0.200. The average Bonchev–Trinajstić information content (AvgIpc) is 3.03. The molecule has 2 rings (SSSR count). The van der Waals surface area contributed by atoms with Crippen LogP contribution in [0.4, 0.5) is 18.0 Å². The van der Waals surface area contributed by atoms with Crippen molar-refractivity contribution < 1.29 is 54.7 Å². The molecule has 2 aliphatic heterocycles. The van der Waals surface area contributed by atoms with Crippen molar-refractivity contribution in [3.63, 3.8) is 0 Å². The van der Waals surface area contributed by atoms with Gasteiger partial charge in [0, 0.05) is 32.4 Å². The summed E-state index contributed by atoms with van der Waals surface area (Å²) >= 11 is 0. The summed E-state index contributed by atoms with van der Waals surface area (Å²) in [6, 6.07) is 0. The first kappa shape index (κ1) is 25.6. The molecule has 2 unspecified atom stereocenters. The zero-order valence-corrected chi connectivity index (χ0v) is 18.1. The molecule has 0 radical (unpaired) electrons. The molecule has 2 atom stereocenters.